The van der Waals surface area contributed by atoms with E-state index in [2.05, 4.69) is 9.88 Å². The van der Waals surface area contributed by atoms with E-state index in [4.69, 9.17) is 16.3 Å². The average Bonchev–Trinajstić information content (AvgIpc) is 3.27. The number of pyridine rings is 1. The molecule has 2 aliphatic rings. The number of halogens is 1. The highest BCUT2D eigenvalue weighted by Crippen LogP contribution is 2.30. The average molecular weight is 400 g/mol. The van der Waals surface area contributed by atoms with Gasteiger partial charge in [0.05, 0.1) is 29.1 Å². The monoisotopic (exact) mass is 399 g/mol. The van der Waals surface area contributed by atoms with Crippen molar-refractivity contribution < 1.29 is 9.53 Å². The van der Waals surface area contributed by atoms with Crippen LogP contribution < -0.4 is 4.90 Å². The van der Waals surface area contributed by atoms with Gasteiger partial charge in [0.2, 0.25) is 0 Å². The Kier molecular flexibility index (Phi) is 6.13. The molecular weight excluding hydrogens is 374 g/mol. The van der Waals surface area contributed by atoms with Crippen molar-refractivity contribution in [1.82, 2.24) is 9.88 Å². The fraction of sp³-hybridized carbons (Fsp3) is 0.455. The Balaban J connectivity index is 1.30. The molecule has 2 fully saturated rings. The first-order chi connectivity index (χ1) is 13.7. The van der Waals surface area contributed by atoms with Crippen LogP contribution >= 0.6 is 11.6 Å². The lowest BCUT2D eigenvalue weighted by molar-refractivity contribution is -0.00160. The maximum atomic E-state index is 12.9. The largest absolute Gasteiger partial charge is 0.372 e. The summed E-state index contributed by atoms with van der Waals surface area (Å²) in [6.07, 6.45) is 6.05. The van der Waals surface area contributed by atoms with Gasteiger partial charge in [-0.1, -0.05) is 17.7 Å². The van der Waals surface area contributed by atoms with Gasteiger partial charge in [-0.2, -0.15) is 0 Å². The first-order valence-corrected chi connectivity index (χ1v) is 10.4. The Morgan fingerprint density at radius 3 is 2.57 bits per heavy atom. The second kappa shape index (κ2) is 8.93. The lowest BCUT2D eigenvalue weighted by Crippen LogP contribution is -2.40. The van der Waals surface area contributed by atoms with Gasteiger partial charge in [0.1, 0.15) is 0 Å². The Labute approximate surface area is 171 Å². The first kappa shape index (κ1) is 19.2. The number of hydrogen-bond acceptors (Lipinski definition) is 4. The maximum Gasteiger partial charge on any atom is 0.253 e. The third kappa shape index (κ3) is 4.47. The molecule has 2 aliphatic heterocycles. The molecule has 1 aromatic heterocycles. The van der Waals surface area contributed by atoms with E-state index in [1.807, 2.05) is 41.3 Å². The van der Waals surface area contributed by atoms with Crippen molar-refractivity contribution in [3.63, 3.8) is 0 Å². The number of likely N-dealkylation sites (tertiary alicyclic amines) is 1. The van der Waals surface area contributed by atoms with E-state index in [1.165, 1.54) is 12.8 Å². The highest BCUT2D eigenvalue weighted by molar-refractivity contribution is 6.33. The van der Waals surface area contributed by atoms with E-state index in [0.29, 0.717) is 30.3 Å². The topological polar surface area (TPSA) is 45.7 Å². The molecule has 0 spiro atoms. The zero-order valence-electron chi connectivity index (χ0n) is 16.0. The van der Waals surface area contributed by atoms with E-state index in [-0.39, 0.29) is 12.0 Å². The van der Waals surface area contributed by atoms with E-state index in [1.54, 1.807) is 6.20 Å². The highest BCUT2D eigenvalue weighted by Gasteiger charge is 2.25. The second-order valence-corrected chi connectivity index (χ2v) is 7.89. The molecular formula is C22H26ClN3O2. The molecule has 5 nitrogen and oxygen atoms in total. The Bertz CT molecular complexity index is 801. The molecule has 28 heavy (non-hydrogen) atoms. The summed E-state index contributed by atoms with van der Waals surface area (Å²) in [6.45, 7) is 4.01. The lowest BCUT2D eigenvalue weighted by Gasteiger charge is -2.32. The van der Waals surface area contributed by atoms with Crippen molar-refractivity contribution in [2.24, 2.45) is 0 Å². The number of carbonyl (C=O) groups excluding carboxylic acids is 1. The molecule has 0 atom stereocenters. The fourth-order valence-corrected chi connectivity index (χ4v) is 4.25. The minimum Gasteiger partial charge on any atom is -0.372 e. The SMILES string of the molecule is O=C(c1ccc(N2CCCC2)c(Cl)c1)N1CCC(OCc2ccccn2)CC1. The standard InChI is InChI=1S/C22H26ClN3O2/c23-20-15-17(6-7-21(20)25-11-3-4-12-25)22(27)26-13-8-19(9-14-26)28-16-18-5-1-2-10-24-18/h1-2,5-7,10,15,19H,3-4,8-9,11-14,16H2. The number of carbonyl (C=O) groups is 1. The summed E-state index contributed by atoms with van der Waals surface area (Å²) in [7, 11) is 0. The molecule has 2 aromatic rings. The summed E-state index contributed by atoms with van der Waals surface area (Å²) in [4.78, 5) is 21.4. The summed E-state index contributed by atoms with van der Waals surface area (Å²) < 4.78 is 5.97. The predicted molar refractivity (Wildman–Crippen MR) is 111 cm³/mol. The number of anilines is 1. The molecule has 148 valence electrons. The quantitative estimate of drug-likeness (QED) is 0.757. The maximum absolute atomic E-state index is 12.9. The molecule has 0 N–H and O–H groups in total. The number of benzene rings is 1. The van der Waals surface area contributed by atoms with Crippen LogP contribution in [-0.4, -0.2) is 48.1 Å². The van der Waals surface area contributed by atoms with E-state index >= 15 is 0 Å². The molecule has 1 aromatic carbocycles. The highest BCUT2D eigenvalue weighted by atomic mass is 35.5. The summed E-state index contributed by atoms with van der Waals surface area (Å²) in [5.74, 6) is 0.0537. The van der Waals surface area contributed by atoms with Crippen LogP contribution in [0.25, 0.3) is 0 Å². The molecule has 0 radical (unpaired) electrons. The zero-order chi connectivity index (χ0) is 19.3. The second-order valence-electron chi connectivity index (χ2n) is 7.48. The number of nitrogens with zero attached hydrogens (tertiary/aromatic N) is 3. The number of amides is 1. The molecule has 6 heteroatoms. The van der Waals surface area contributed by atoms with Crippen LogP contribution in [0.1, 0.15) is 41.7 Å². The van der Waals surface area contributed by atoms with E-state index in [9.17, 15) is 4.79 Å². The van der Waals surface area contributed by atoms with Gasteiger partial charge in [-0.25, -0.2) is 0 Å². The lowest BCUT2D eigenvalue weighted by atomic mass is 10.1. The number of aromatic nitrogens is 1. The molecule has 0 aliphatic carbocycles. The van der Waals surface area contributed by atoms with Gasteiger partial charge in [-0.05, 0) is 56.0 Å². The number of piperidine rings is 1. The molecule has 4 rings (SSSR count). The van der Waals surface area contributed by atoms with Crippen molar-refractivity contribution >= 4 is 23.2 Å². The Morgan fingerprint density at radius 1 is 1.11 bits per heavy atom. The van der Waals surface area contributed by atoms with Gasteiger partial charge in [0.15, 0.2) is 0 Å². The zero-order valence-corrected chi connectivity index (χ0v) is 16.8. The van der Waals surface area contributed by atoms with Gasteiger partial charge in [0.25, 0.3) is 5.91 Å². The van der Waals surface area contributed by atoms with Gasteiger partial charge in [-0.3, -0.25) is 9.78 Å². The van der Waals surface area contributed by atoms with Crippen LogP contribution in [0.5, 0.6) is 0 Å². The number of ether oxygens (including phenoxy) is 1. The van der Waals surface area contributed by atoms with Gasteiger partial charge in [-0.15, -0.1) is 0 Å². The van der Waals surface area contributed by atoms with Crippen LogP contribution in [0, 0.1) is 0 Å². The van der Waals surface area contributed by atoms with Crippen molar-refractivity contribution in [3.05, 3.63) is 58.9 Å². The van der Waals surface area contributed by atoms with E-state index < -0.39 is 0 Å². The van der Waals surface area contributed by atoms with Crippen molar-refractivity contribution in [2.75, 3.05) is 31.1 Å². The number of hydrogen-bond donors (Lipinski definition) is 0. The number of rotatable bonds is 5. The molecule has 0 unspecified atom stereocenters. The summed E-state index contributed by atoms with van der Waals surface area (Å²) >= 11 is 6.48. The van der Waals surface area contributed by atoms with Crippen LogP contribution in [-0.2, 0) is 11.3 Å². The molecule has 1 amide bonds. The predicted octanol–water partition coefficient (Wildman–Crippen LogP) is 4.16. The van der Waals surface area contributed by atoms with Crippen molar-refractivity contribution in [2.45, 2.75) is 38.4 Å². The smallest absolute Gasteiger partial charge is 0.253 e. The Morgan fingerprint density at radius 2 is 1.89 bits per heavy atom. The summed E-state index contributed by atoms with van der Waals surface area (Å²) in [5, 5.41) is 0.668. The minimum absolute atomic E-state index is 0.0537. The van der Waals surface area contributed by atoms with Crippen molar-refractivity contribution in [3.8, 4) is 0 Å². The fourth-order valence-electron chi connectivity index (χ4n) is 3.95. The van der Waals surface area contributed by atoms with Crippen LogP contribution in [0.15, 0.2) is 42.6 Å². The molecule has 0 saturated carbocycles. The summed E-state index contributed by atoms with van der Waals surface area (Å²) in [5.41, 5.74) is 2.65. The van der Waals surface area contributed by atoms with Crippen LogP contribution in [0.3, 0.4) is 0 Å². The van der Waals surface area contributed by atoms with Crippen LogP contribution in [0.4, 0.5) is 5.69 Å². The van der Waals surface area contributed by atoms with E-state index in [0.717, 1.165) is 37.3 Å². The van der Waals surface area contributed by atoms with Gasteiger partial charge in [0, 0.05) is 37.9 Å². The van der Waals surface area contributed by atoms with Gasteiger partial charge >= 0.3 is 0 Å². The van der Waals surface area contributed by atoms with Gasteiger partial charge < -0.3 is 14.5 Å². The molecule has 2 saturated heterocycles. The molecule has 0 bridgehead atoms. The third-order valence-corrected chi connectivity index (χ3v) is 5.87. The minimum atomic E-state index is 0.0537. The Hall–Kier alpha value is -2.11. The molecule has 3 heterocycles. The summed E-state index contributed by atoms with van der Waals surface area (Å²) in [6, 6.07) is 11.6. The van der Waals surface area contributed by atoms with Crippen LogP contribution in [0.2, 0.25) is 5.02 Å². The van der Waals surface area contributed by atoms with Crippen molar-refractivity contribution in [1.29, 1.82) is 0 Å². The third-order valence-electron chi connectivity index (χ3n) is 5.56. The normalized spacial score (nSPS) is 17.9. The first-order valence-electron chi connectivity index (χ1n) is 10.1.